The van der Waals surface area contributed by atoms with E-state index in [1.165, 1.54) is 25.3 Å². The van der Waals surface area contributed by atoms with Crippen LogP contribution >= 0.6 is 0 Å². The van der Waals surface area contributed by atoms with Gasteiger partial charge in [-0.1, -0.05) is 18.2 Å². The largest absolute Gasteiger partial charge is 0.497 e. The molecule has 0 aliphatic carbocycles. The maximum atomic E-state index is 14.0. The number of nitrogens with one attached hydrogen (secondary N) is 3. The number of aliphatic imine (C=N–C) groups is 2. The predicted octanol–water partition coefficient (Wildman–Crippen LogP) is 8.19. The summed E-state index contributed by atoms with van der Waals surface area (Å²) in [5.41, 5.74) is -0.224. The van der Waals surface area contributed by atoms with Crippen molar-refractivity contribution in [3.8, 4) is 17.4 Å². The number of carbonyl (C=O) groups is 2. The molecule has 51 heavy (non-hydrogen) atoms. The van der Waals surface area contributed by atoms with E-state index < -0.39 is 35.5 Å². The molecule has 1 atom stereocenters. The van der Waals surface area contributed by atoms with Gasteiger partial charge in [0, 0.05) is 23.1 Å². The second-order valence-electron chi connectivity index (χ2n) is 12.1. The molecule has 0 saturated heterocycles. The summed E-state index contributed by atoms with van der Waals surface area (Å²) in [6.07, 6.45) is -4.15. The Morgan fingerprint density at radius 2 is 1.71 bits per heavy atom. The van der Waals surface area contributed by atoms with Crippen LogP contribution in [0.5, 0.6) is 17.4 Å². The number of hydrogen-bond acceptors (Lipinski definition) is 8. The number of allylic oxidation sites excluding steroid dienone is 2. The van der Waals surface area contributed by atoms with Crippen LogP contribution in [0, 0.1) is 0 Å². The maximum Gasteiger partial charge on any atom is 0.416 e. The Balaban J connectivity index is 1.75. The number of amides is 3. The number of methoxy groups -OCH3 is 1. The predicted molar refractivity (Wildman–Crippen MR) is 189 cm³/mol. The molecule has 1 unspecified atom stereocenters. The Morgan fingerprint density at radius 3 is 2.29 bits per heavy atom. The van der Waals surface area contributed by atoms with Crippen molar-refractivity contribution < 1.29 is 41.7 Å². The summed E-state index contributed by atoms with van der Waals surface area (Å²) in [6.45, 7) is 15.5. The average molecular weight is 713 g/mol. The molecule has 2 aromatic carbocycles. The Hall–Kier alpha value is -5.60. The molecule has 0 spiro atoms. The normalized spacial score (nSPS) is 13.0. The monoisotopic (exact) mass is 712 g/mol. The zero-order valence-electron chi connectivity index (χ0n) is 29.8. The van der Waals surface area contributed by atoms with Crippen LogP contribution in [-0.4, -0.2) is 49.0 Å². The fraction of sp³-hybridized carbons (Fsp3) is 0.361. The van der Waals surface area contributed by atoms with Gasteiger partial charge in [0.05, 0.1) is 31.0 Å². The number of benzene rings is 2. The SMILES string of the molecule is C=NC(=N/C(C)=C(\C)NC(=O)Nc1ccc(C(C)NC(=O)OC(C)(C)C)c(C(F)(F)F)c1)c1cnc(OCc2ccc(OC)cc2)c(OCC)c1. The molecule has 12 nitrogen and oxygen atoms in total. The number of ether oxygens (including phenoxy) is 4. The van der Waals surface area contributed by atoms with Gasteiger partial charge in [0.25, 0.3) is 5.88 Å². The van der Waals surface area contributed by atoms with Crippen LogP contribution in [0.2, 0.25) is 0 Å². The minimum atomic E-state index is -4.78. The van der Waals surface area contributed by atoms with Gasteiger partial charge in [-0.05, 0) is 96.6 Å². The summed E-state index contributed by atoms with van der Waals surface area (Å²) < 4.78 is 64.1. The highest BCUT2D eigenvalue weighted by molar-refractivity contribution is 6.02. The lowest BCUT2D eigenvalue weighted by molar-refractivity contribution is -0.138. The zero-order chi connectivity index (χ0) is 37.9. The summed E-state index contributed by atoms with van der Waals surface area (Å²) >= 11 is 0. The molecule has 274 valence electrons. The molecule has 0 aliphatic heterocycles. The number of carbonyl (C=O) groups excluding carboxylic acids is 2. The summed E-state index contributed by atoms with van der Waals surface area (Å²) in [6, 6.07) is 10.5. The number of hydrogen-bond donors (Lipinski definition) is 3. The lowest BCUT2D eigenvalue weighted by atomic mass is 10.00. The van der Waals surface area contributed by atoms with Crippen LogP contribution in [0.25, 0.3) is 0 Å². The number of alkyl carbamates (subject to hydrolysis) is 1. The van der Waals surface area contributed by atoms with Crippen molar-refractivity contribution in [1.29, 1.82) is 0 Å². The molecule has 3 amide bonds. The van der Waals surface area contributed by atoms with E-state index in [4.69, 9.17) is 18.9 Å². The van der Waals surface area contributed by atoms with E-state index >= 15 is 0 Å². The number of anilines is 1. The number of pyridine rings is 1. The Bertz CT molecular complexity index is 1770. The molecular formula is C36H43F3N6O6. The fourth-order valence-electron chi connectivity index (χ4n) is 4.47. The number of aromatic nitrogens is 1. The fourth-order valence-corrected chi connectivity index (χ4v) is 4.47. The van der Waals surface area contributed by atoms with E-state index in [1.807, 2.05) is 31.2 Å². The highest BCUT2D eigenvalue weighted by atomic mass is 19.4. The van der Waals surface area contributed by atoms with E-state index in [1.54, 1.807) is 47.8 Å². The van der Waals surface area contributed by atoms with Crippen LogP contribution in [-0.2, 0) is 17.5 Å². The first-order valence-corrected chi connectivity index (χ1v) is 15.8. The van der Waals surface area contributed by atoms with Crippen molar-refractivity contribution in [2.45, 2.75) is 72.9 Å². The summed E-state index contributed by atoms with van der Waals surface area (Å²) in [4.78, 5) is 37.8. The van der Waals surface area contributed by atoms with Gasteiger partial charge in [0.2, 0.25) is 0 Å². The smallest absolute Gasteiger partial charge is 0.416 e. The van der Waals surface area contributed by atoms with E-state index in [2.05, 4.69) is 37.6 Å². The quantitative estimate of drug-likeness (QED) is 0.127. The highest BCUT2D eigenvalue weighted by Crippen LogP contribution is 2.36. The summed E-state index contributed by atoms with van der Waals surface area (Å²) in [7, 11) is 1.59. The minimum absolute atomic E-state index is 0.126. The summed E-state index contributed by atoms with van der Waals surface area (Å²) in [5, 5.41) is 7.39. The molecule has 0 bridgehead atoms. The van der Waals surface area contributed by atoms with Gasteiger partial charge >= 0.3 is 18.3 Å². The molecule has 0 aliphatic rings. The van der Waals surface area contributed by atoms with E-state index in [9.17, 15) is 22.8 Å². The average Bonchev–Trinajstić information content (AvgIpc) is 3.05. The molecule has 0 fully saturated rings. The minimum Gasteiger partial charge on any atom is -0.497 e. The zero-order valence-corrected chi connectivity index (χ0v) is 29.8. The van der Waals surface area contributed by atoms with Gasteiger partial charge in [-0.25, -0.2) is 24.6 Å². The van der Waals surface area contributed by atoms with Crippen LogP contribution in [0.1, 0.15) is 76.8 Å². The van der Waals surface area contributed by atoms with Gasteiger partial charge < -0.3 is 34.9 Å². The Morgan fingerprint density at radius 1 is 1.02 bits per heavy atom. The second kappa shape index (κ2) is 17.4. The first-order chi connectivity index (χ1) is 23.9. The van der Waals surface area contributed by atoms with Crippen LogP contribution in [0.4, 0.5) is 28.4 Å². The van der Waals surface area contributed by atoms with Crippen molar-refractivity contribution >= 4 is 30.4 Å². The highest BCUT2D eigenvalue weighted by Gasteiger charge is 2.35. The topological polar surface area (TPSA) is 145 Å². The molecule has 0 saturated carbocycles. The van der Waals surface area contributed by atoms with Gasteiger partial charge in [0.15, 0.2) is 11.6 Å². The van der Waals surface area contributed by atoms with Crippen molar-refractivity contribution in [3.63, 3.8) is 0 Å². The van der Waals surface area contributed by atoms with E-state index in [0.717, 1.165) is 17.4 Å². The number of rotatable bonds is 12. The molecule has 15 heteroatoms. The third-order valence-corrected chi connectivity index (χ3v) is 6.99. The third kappa shape index (κ3) is 12.0. The molecule has 3 N–H and O–H groups in total. The van der Waals surface area contributed by atoms with Crippen molar-refractivity contribution in [3.05, 3.63) is 88.4 Å². The summed E-state index contributed by atoms with van der Waals surface area (Å²) in [5.74, 6) is 1.51. The molecule has 3 aromatic rings. The van der Waals surface area contributed by atoms with Gasteiger partial charge in [0.1, 0.15) is 18.0 Å². The lowest BCUT2D eigenvalue weighted by Crippen LogP contribution is -2.34. The van der Waals surface area contributed by atoms with Gasteiger partial charge in [-0.15, -0.1) is 0 Å². The van der Waals surface area contributed by atoms with Crippen molar-refractivity contribution in [2.24, 2.45) is 9.98 Å². The Labute approximate surface area is 295 Å². The first-order valence-electron chi connectivity index (χ1n) is 15.8. The molecule has 3 rings (SSSR count). The van der Waals surface area contributed by atoms with Crippen LogP contribution < -0.4 is 30.2 Å². The number of nitrogens with zero attached hydrogens (tertiary/aromatic N) is 3. The van der Waals surface area contributed by atoms with E-state index in [-0.39, 0.29) is 35.3 Å². The molecular weight excluding hydrogens is 669 g/mol. The number of urea groups is 1. The molecule has 0 radical (unpaired) electrons. The van der Waals surface area contributed by atoms with Gasteiger partial charge in [-0.2, -0.15) is 13.2 Å². The molecule has 1 aromatic heterocycles. The standard InChI is InChI=1S/C36H43F3N6O6/c1-10-49-30-17-25(19-41-32(30)50-20-24-11-14-27(48-9)15-12-24)31(40-8)42-21(2)22(3)43-33(46)45-26-13-16-28(29(18-26)36(37,38)39)23(4)44-34(47)51-35(5,6)7/h11-19,23H,8,10,20H2,1-7,9H3,(H,44,47)(H2,43,45,46)/b22-21+,42-31?. The Kier molecular flexibility index (Phi) is 13.6. The molecule has 1 heterocycles. The number of amidine groups is 1. The van der Waals surface area contributed by atoms with Gasteiger partial charge in [-0.3, -0.25) is 0 Å². The van der Waals surface area contributed by atoms with Crippen molar-refractivity contribution in [1.82, 2.24) is 15.6 Å². The maximum absolute atomic E-state index is 14.0. The van der Waals surface area contributed by atoms with Crippen LogP contribution in [0.15, 0.2) is 76.1 Å². The lowest BCUT2D eigenvalue weighted by Gasteiger charge is -2.24. The number of alkyl halides is 3. The number of halogens is 3. The second-order valence-corrected chi connectivity index (χ2v) is 12.1. The van der Waals surface area contributed by atoms with E-state index in [0.29, 0.717) is 23.6 Å². The third-order valence-electron chi connectivity index (χ3n) is 6.99. The van der Waals surface area contributed by atoms with Crippen LogP contribution in [0.3, 0.4) is 0 Å². The van der Waals surface area contributed by atoms with Crippen molar-refractivity contribution in [2.75, 3.05) is 19.0 Å². The first kappa shape index (κ1) is 39.8.